The third kappa shape index (κ3) is 3.22. The summed E-state index contributed by atoms with van der Waals surface area (Å²) < 4.78 is 0. The fourth-order valence-electron chi connectivity index (χ4n) is 3.23. The minimum Gasteiger partial charge on any atom is -0.321 e. The average Bonchev–Trinajstić information content (AvgIpc) is 2.90. The molecule has 0 saturated carbocycles. The van der Waals surface area contributed by atoms with Crippen LogP contribution in [0.15, 0.2) is 60.8 Å². The molecule has 1 aromatic heterocycles. The number of aromatic nitrogens is 1. The van der Waals surface area contributed by atoms with Gasteiger partial charge in [0.15, 0.2) is 0 Å². The van der Waals surface area contributed by atoms with Gasteiger partial charge >= 0.3 is 0 Å². The van der Waals surface area contributed by atoms with E-state index in [0.29, 0.717) is 17.7 Å². The van der Waals surface area contributed by atoms with Crippen LogP contribution in [0.1, 0.15) is 32.6 Å². The Bertz CT molecular complexity index is 1110. The second-order valence-corrected chi connectivity index (χ2v) is 6.36. The Morgan fingerprint density at radius 3 is 2.64 bits per heavy atom. The number of hydrogen-bond acceptors (Lipinski definition) is 5. The zero-order valence-corrected chi connectivity index (χ0v) is 14.8. The van der Waals surface area contributed by atoms with Crippen molar-refractivity contribution < 1.29 is 10.0 Å². The van der Waals surface area contributed by atoms with E-state index in [1.54, 1.807) is 29.9 Å². The number of carbonyl (C=O) groups is 1. The van der Waals surface area contributed by atoms with Crippen LogP contribution in [0, 0.1) is 11.3 Å². The molecule has 6 nitrogen and oxygen atoms in total. The number of carbonyl (C=O) groups excluding carboxylic acids is 1. The fourth-order valence-corrected chi connectivity index (χ4v) is 3.23. The van der Waals surface area contributed by atoms with Crippen LogP contribution in [0.4, 0.5) is 11.5 Å². The molecule has 0 radical (unpaired) electrons. The molecule has 0 unspecified atom stereocenters. The molecule has 2 aromatic carbocycles. The summed E-state index contributed by atoms with van der Waals surface area (Å²) in [4.78, 5) is 18.2. The molecule has 0 bridgehead atoms. The van der Waals surface area contributed by atoms with Crippen molar-refractivity contribution in [2.45, 2.75) is 6.54 Å². The maximum absolute atomic E-state index is 11.5. The number of hydroxylamine groups is 1. The van der Waals surface area contributed by atoms with E-state index in [9.17, 15) is 10.1 Å². The Hall–Kier alpha value is -3.95. The third-order valence-electron chi connectivity index (χ3n) is 4.62. The largest absolute Gasteiger partial charge is 0.321 e. The smallest absolute Gasteiger partial charge is 0.274 e. The predicted molar refractivity (Wildman–Crippen MR) is 106 cm³/mol. The summed E-state index contributed by atoms with van der Waals surface area (Å²) in [6, 6.07) is 18.7. The van der Waals surface area contributed by atoms with Gasteiger partial charge in [-0.15, -0.1) is 0 Å². The van der Waals surface area contributed by atoms with Crippen LogP contribution in [-0.4, -0.2) is 16.1 Å². The van der Waals surface area contributed by atoms with E-state index < -0.39 is 5.91 Å². The molecule has 0 atom stereocenters. The number of amides is 1. The topological polar surface area (TPSA) is 89.2 Å². The first kappa shape index (κ1) is 17.5. The first-order chi connectivity index (χ1) is 13.7. The molecule has 0 fully saturated rings. The molecule has 0 spiro atoms. The van der Waals surface area contributed by atoms with Crippen molar-refractivity contribution in [2.75, 3.05) is 4.90 Å². The zero-order valence-electron chi connectivity index (χ0n) is 14.8. The van der Waals surface area contributed by atoms with Gasteiger partial charge in [-0.05, 0) is 53.6 Å². The minimum absolute atomic E-state index is 0.376. The Morgan fingerprint density at radius 2 is 1.89 bits per heavy atom. The van der Waals surface area contributed by atoms with Crippen molar-refractivity contribution in [3.63, 3.8) is 0 Å². The molecular formula is C22H16N4O2. The molecule has 3 aromatic rings. The van der Waals surface area contributed by atoms with Crippen LogP contribution < -0.4 is 10.4 Å². The van der Waals surface area contributed by atoms with E-state index in [1.165, 1.54) is 0 Å². The highest BCUT2D eigenvalue weighted by Crippen LogP contribution is 2.36. The van der Waals surface area contributed by atoms with Crippen LogP contribution in [-0.2, 0) is 6.54 Å². The van der Waals surface area contributed by atoms with Crippen molar-refractivity contribution in [3.8, 4) is 6.07 Å². The Morgan fingerprint density at radius 1 is 1.11 bits per heavy atom. The van der Waals surface area contributed by atoms with Gasteiger partial charge in [0.1, 0.15) is 5.82 Å². The lowest BCUT2D eigenvalue weighted by Crippen LogP contribution is -2.20. The monoisotopic (exact) mass is 368 g/mol. The normalized spacial score (nSPS) is 11.8. The van der Waals surface area contributed by atoms with E-state index in [4.69, 9.17) is 5.21 Å². The van der Waals surface area contributed by atoms with Crippen molar-refractivity contribution in [1.29, 1.82) is 5.26 Å². The van der Waals surface area contributed by atoms with Crippen LogP contribution in [0.5, 0.6) is 0 Å². The van der Waals surface area contributed by atoms with Gasteiger partial charge in [-0.3, -0.25) is 10.0 Å². The molecule has 2 heterocycles. The van der Waals surface area contributed by atoms with Gasteiger partial charge in [-0.1, -0.05) is 24.3 Å². The highest BCUT2D eigenvalue weighted by atomic mass is 16.5. The lowest BCUT2D eigenvalue weighted by molar-refractivity contribution is 0.0706. The lowest BCUT2D eigenvalue weighted by atomic mass is 10.1. The number of anilines is 2. The number of nitrogens with one attached hydrogen (secondary N) is 1. The number of pyridine rings is 1. The Balaban J connectivity index is 1.76. The summed E-state index contributed by atoms with van der Waals surface area (Å²) >= 11 is 0. The maximum atomic E-state index is 11.5. The highest BCUT2D eigenvalue weighted by molar-refractivity contribution is 5.93. The van der Waals surface area contributed by atoms with Gasteiger partial charge in [-0.2, -0.15) is 5.26 Å². The van der Waals surface area contributed by atoms with Crippen molar-refractivity contribution in [3.05, 3.63) is 88.6 Å². The molecule has 1 amide bonds. The second kappa shape index (κ2) is 7.35. The molecule has 136 valence electrons. The molecule has 0 saturated heterocycles. The van der Waals surface area contributed by atoms with Crippen LogP contribution in [0.2, 0.25) is 0 Å². The number of rotatable bonds is 3. The third-order valence-corrected chi connectivity index (χ3v) is 4.62. The average molecular weight is 368 g/mol. The van der Waals surface area contributed by atoms with Gasteiger partial charge in [0, 0.05) is 23.9 Å². The number of nitrogens with zero attached hydrogens (tertiary/aromatic N) is 3. The Kier molecular flexibility index (Phi) is 4.58. The van der Waals surface area contributed by atoms with Gasteiger partial charge in [-0.25, -0.2) is 10.5 Å². The van der Waals surface area contributed by atoms with Crippen LogP contribution in [0.3, 0.4) is 0 Å². The van der Waals surface area contributed by atoms with Crippen molar-refractivity contribution in [2.24, 2.45) is 0 Å². The first-order valence-electron chi connectivity index (χ1n) is 8.68. The van der Waals surface area contributed by atoms with E-state index in [1.807, 2.05) is 48.6 Å². The number of nitriles is 1. The minimum atomic E-state index is -0.549. The summed E-state index contributed by atoms with van der Waals surface area (Å²) in [7, 11) is 0. The lowest BCUT2D eigenvalue weighted by Gasteiger charge is -2.26. The predicted octanol–water partition coefficient (Wildman–Crippen LogP) is 3.89. The summed E-state index contributed by atoms with van der Waals surface area (Å²) in [6.07, 6.45) is 5.74. The van der Waals surface area contributed by atoms with E-state index in [-0.39, 0.29) is 0 Å². The first-order valence-corrected chi connectivity index (χ1v) is 8.68. The van der Waals surface area contributed by atoms with E-state index in [2.05, 4.69) is 16.0 Å². The molecule has 6 heteroatoms. The van der Waals surface area contributed by atoms with Crippen LogP contribution >= 0.6 is 0 Å². The van der Waals surface area contributed by atoms with E-state index >= 15 is 0 Å². The molecule has 0 aliphatic carbocycles. The SMILES string of the molecule is N#Cc1ccc2c(c1)C=Cc1cccnc1N2Cc1ccc(C(=O)NO)cc1. The summed E-state index contributed by atoms with van der Waals surface area (Å²) in [5, 5.41) is 18.0. The van der Waals surface area contributed by atoms with Crippen molar-refractivity contribution >= 4 is 29.6 Å². The number of benzene rings is 2. The summed E-state index contributed by atoms with van der Waals surface area (Å²) in [6.45, 7) is 0.533. The van der Waals surface area contributed by atoms with Gasteiger partial charge in [0.25, 0.3) is 5.91 Å². The fraction of sp³-hybridized carbons (Fsp3) is 0.0455. The Labute approximate surface area is 162 Å². The molecule has 4 rings (SSSR count). The maximum Gasteiger partial charge on any atom is 0.274 e. The van der Waals surface area contributed by atoms with Gasteiger partial charge in [0.05, 0.1) is 17.3 Å². The number of hydrogen-bond donors (Lipinski definition) is 2. The summed E-state index contributed by atoms with van der Waals surface area (Å²) in [5.41, 5.74) is 6.45. The van der Waals surface area contributed by atoms with Gasteiger partial charge < -0.3 is 4.90 Å². The van der Waals surface area contributed by atoms with Gasteiger partial charge in [0.2, 0.25) is 0 Å². The molecule has 28 heavy (non-hydrogen) atoms. The van der Waals surface area contributed by atoms with E-state index in [0.717, 1.165) is 28.2 Å². The van der Waals surface area contributed by atoms with Crippen molar-refractivity contribution in [1.82, 2.24) is 10.5 Å². The molecule has 1 aliphatic rings. The zero-order chi connectivity index (χ0) is 19.5. The second-order valence-electron chi connectivity index (χ2n) is 6.36. The number of fused-ring (bicyclic) bond motifs is 2. The quantitative estimate of drug-likeness (QED) is 0.541. The highest BCUT2D eigenvalue weighted by Gasteiger charge is 2.20. The summed E-state index contributed by atoms with van der Waals surface area (Å²) in [5.74, 6) is 0.270. The van der Waals surface area contributed by atoms with Crippen LogP contribution in [0.25, 0.3) is 12.2 Å². The molecular weight excluding hydrogens is 352 g/mol. The molecule has 2 N–H and O–H groups in total. The standard InChI is InChI=1S/C22H16N4O2/c23-13-16-5-10-20-19(12-16)9-8-17-2-1-11-24-21(17)26(20)14-15-3-6-18(7-4-15)22(27)25-28/h1-12,28H,14H2,(H,25,27). The molecule has 1 aliphatic heterocycles.